The number of benzene rings is 1. The first-order valence-electron chi connectivity index (χ1n) is 6.18. The molecule has 1 aromatic carbocycles. The molecule has 20 heavy (non-hydrogen) atoms. The second kappa shape index (κ2) is 5.02. The van der Waals surface area contributed by atoms with Crippen LogP contribution in [0.3, 0.4) is 0 Å². The minimum atomic E-state index is -3.49. The molecule has 0 fully saturated rings. The van der Waals surface area contributed by atoms with Crippen molar-refractivity contribution in [2.45, 2.75) is 17.2 Å². The Morgan fingerprint density at radius 3 is 2.60 bits per heavy atom. The van der Waals surface area contributed by atoms with Crippen molar-refractivity contribution in [1.29, 1.82) is 5.26 Å². The summed E-state index contributed by atoms with van der Waals surface area (Å²) in [6.07, 6.45) is 0.728. The van der Waals surface area contributed by atoms with E-state index in [0.29, 0.717) is 18.0 Å². The van der Waals surface area contributed by atoms with Gasteiger partial charge in [-0.15, -0.1) is 11.3 Å². The van der Waals surface area contributed by atoms with Gasteiger partial charge in [-0.1, -0.05) is 24.3 Å². The average Bonchev–Trinajstić information content (AvgIpc) is 2.96. The summed E-state index contributed by atoms with van der Waals surface area (Å²) in [6.45, 7) is 0.886. The first kappa shape index (κ1) is 13.3. The Bertz CT molecular complexity index is 788. The summed E-state index contributed by atoms with van der Waals surface area (Å²) in [5.41, 5.74) is 2.27. The molecule has 0 radical (unpaired) electrons. The topological polar surface area (TPSA) is 61.2 Å². The fourth-order valence-electron chi connectivity index (χ4n) is 2.32. The lowest BCUT2D eigenvalue weighted by molar-refractivity contribution is 0.392. The maximum absolute atomic E-state index is 12.6. The van der Waals surface area contributed by atoms with Crippen LogP contribution < -0.4 is 0 Å². The predicted octanol–water partition coefficient (Wildman–Crippen LogP) is 2.37. The van der Waals surface area contributed by atoms with Crippen molar-refractivity contribution < 1.29 is 8.42 Å². The van der Waals surface area contributed by atoms with Crippen LogP contribution in [0.25, 0.3) is 0 Å². The van der Waals surface area contributed by atoms with Gasteiger partial charge in [-0.2, -0.15) is 9.57 Å². The second-order valence-electron chi connectivity index (χ2n) is 4.59. The summed E-state index contributed by atoms with van der Waals surface area (Å²) >= 11 is 1.02. The smallest absolute Gasteiger partial charge is 0.206 e. The molecule has 0 N–H and O–H groups in total. The molecular formula is C14H12N2O2S2. The van der Waals surface area contributed by atoms with E-state index in [9.17, 15) is 8.42 Å². The van der Waals surface area contributed by atoms with Gasteiger partial charge in [0.15, 0.2) is 0 Å². The SMILES string of the molecule is N#Cc1ccc(S(=O)(=O)N2CCc3ccccc3C2)s1. The lowest BCUT2D eigenvalue weighted by Crippen LogP contribution is -2.35. The molecule has 0 aliphatic carbocycles. The van der Waals surface area contributed by atoms with Crippen LogP contribution in [0.1, 0.15) is 16.0 Å². The van der Waals surface area contributed by atoms with Gasteiger partial charge < -0.3 is 0 Å². The maximum atomic E-state index is 12.6. The van der Waals surface area contributed by atoms with Gasteiger partial charge in [0.1, 0.15) is 15.2 Å². The summed E-state index contributed by atoms with van der Waals surface area (Å²) < 4.78 is 26.8. The third kappa shape index (κ3) is 2.24. The van der Waals surface area contributed by atoms with Gasteiger partial charge in [0.05, 0.1) is 0 Å². The van der Waals surface area contributed by atoms with Crippen molar-refractivity contribution in [3.8, 4) is 6.07 Å². The van der Waals surface area contributed by atoms with Gasteiger partial charge in [0.2, 0.25) is 0 Å². The molecule has 0 saturated carbocycles. The van der Waals surface area contributed by atoms with Crippen molar-refractivity contribution in [1.82, 2.24) is 4.31 Å². The summed E-state index contributed by atoms with van der Waals surface area (Å²) in [6, 6.07) is 12.9. The molecule has 6 heteroatoms. The van der Waals surface area contributed by atoms with Gasteiger partial charge >= 0.3 is 0 Å². The zero-order chi connectivity index (χ0) is 14.2. The van der Waals surface area contributed by atoms with E-state index in [1.54, 1.807) is 6.07 Å². The fraction of sp³-hybridized carbons (Fsp3) is 0.214. The lowest BCUT2D eigenvalue weighted by Gasteiger charge is -2.27. The van der Waals surface area contributed by atoms with Crippen LogP contribution in [-0.4, -0.2) is 19.3 Å². The van der Waals surface area contributed by atoms with E-state index in [0.717, 1.165) is 23.3 Å². The predicted molar refractivity (Wildman–Crippen MR) is 76.8 cm³/mol. The first-order valence-corrected chi connectivity index (χ1v) is 8.44. The minimum Gasteiger partial charge on any atom is -0.206 e. The number of hydrogen-bond acceptors (Lipinski definition) is 4. The number of sulfonamides is 1. The second-order valence-corrected chi connectivity index (χ2v) is 7.84. The lowest BCUT2D eigenvalue weighted by atomic mass is 10.0. The van der Waals surface area contributed by atoms with Crippen molar-refractivity contribution >= 4 is 21.4 Å². The van der Waals surface area contributed by atoms with Crippen LogP contribution in [0, 0.1) is 11.3 Å². The van der Waals surface area contributed by atoms with Crippen LogP contribution >= 0.6 is 11.3 Å². The highest BCUT2D eigenvalue weighted by Gasteiger charge is 2.29. The van der Waals surface area contributed by atoms with E-state index in [1.165, 1.54) is 15.9 Å². The Hall–Kier alpha value is -1.68. The molecule has 0 amide bonds. The number of nitrogens with zero attached hydrogens (tertiary/aromatic N) is 2. The Balaban J connectivity index is 1.92. The molecule has 0 unspecified atom stereocenters. The molecule has 102 valence electrons. The molecular weight excluding hydrogens is 292 g/mol. The van der Waals surface area contributed by atoms with Gasteiger partial charge in [-0.05, 0) is 29.7 Å². The van der Waals surface area contributed by atoms with E-state index in [1.807, 2.05) is 30.3 Å². The first-order chi connectivity index (χ1) is 9.61. The van der Waals surface area contributed by atoms with E-state index in [4.69, 9.17) is 5.26 Å². The van der Waals surface area contributed by atoms with E-state index in [-0.39, 0.29) is 4.21 Å². The Morgan fingerprint density at radius 2 is 1.90 bits per heavy atom. The largest absolute Gasteiger partial charge is 0.252 e. The molecule has 0 spiro atoms. The molecule has 2 heterocycles. The summed E-state index contributed by atoms with van der Waals surface area (Å²) in [4.78, 5) is 0.418. The van der Waals surface area contributed by atoms with Crippen molar-refractivity contribution in [2.24, 2.45) is 0 Å². The van der Waals surface area contributed by atoms with Gasteiger partial charge in [0.25, 0.3) is 10.0 Å². The zero-order valence-corrected chi connectivity index (χ0v) is 12.2. The van der Waals surface area contributed by atoms with E-state index in [2.05, 4.69) is 0 Å². The van der Waals surface area contributed by atoms with E-state index < -0.39 is 10.0 Å². The Morgan fingerprint density at radius 1 is 1.15 bits per heavy atom. The zero-order valence-electron chi connectivity index (χ0n) is 10.6. The third-order valence-corrected chi connectivity index (χ3v) is 6.68. The van der Waals surface area contributed by atoms with E-state index >= 15 is 0 Å². The van der Waals surface area contributed by atoms with Crippen molar-refractivity contribution in [3.63, 3.8) is 0 Å². The summed E-state index contributed by atoms with van der Waals surface area (Å²) in [7, 11) is -3.49. The van der Waals surface area contributed by atoms with Crippen LogP contribution in [0.4, 0.5) is 0 Å². The van der Waals surface area contributed by atoms with Crippen LogP contribution in [0.5, 0.6) is 0 Å². The van der Waals surface area contributed by atoms with Crippen LogP contribution in [-0.2, 0) is 23.0 Å². The monoisotopic (exact) mass is 304 g/mol. The molecule has 0 bridgehead atoms. The Kier molecular flexibility index (Phi) is 3.34. The van der Waals surface area contributed by atoms with Gasteiger partial charge in [-0.3, -0.25) is 0 Å². The maximum Gasteiger partial charge on any atom is 0.252 e. The van der Waals surface area contributed by atoms with Crippen LogP contribution in [0.15, 0.2) is 40.6 Å². The third-order valence-electron chi connectivity index (χ3n) is 3.38. The average molecular weight is 304 g/mol. The van der Waals surface area contributed by atoms with Crippen LogP contribution in [0.2, 0.25) is 0 Å². The van der Waals surface area contributed by atoms with Crippen molar-refractivity contribution in [2.75, 3.05) is 6.54 Å². The number of fused-ring (bicyclic) bond motifs is 1. The summed E-state index contributed by atoms with van der Waals surface area (Å²) in [5.74, 6) is 0. The Labute approximate surface area is 121 Å². The minimum absolute atomic E-state index is 0.244. The molecule has 0 saturated heterocycles. The highest BCUT2D eigenvalue weighted by molar-refractivity contribution is 7.91. The highest BCUT2D eigenvalue weighted by Crippen LogP contribution is 2.28. The molecule has 3 rings (SSSR count). The summed E-state index contributed by atoms with van der Waals surface area (Å²) in [5, 5.41) is 8.81. The number of thiophene rings is 1. The highest BCUT2D eigenvalue weighted by atomic mass is 32.2. The molecule has 0 atom stereocenters. The van der Waals surface area contributed by atoms with Gasteiger partial charge in [-0.25, -0.2) is 8.42 Å². The number of rotatable bonds is 2. The normalized spacial score (nSPS) is 15.6. The van der Waals surface area contributed by atoms with Crippen molar-refractivity contribution in [3.05, 3.63) is 52.4 Å². The molecule has 1 aliphatic heterocycles. The molecule has 1 aliphatic rings. The quantitative estimate of drug-likeness (QED) is 0.855. The standard InChI is InChI=1S/C14H12N2O2S2/c15-9-13-5-6-14(19-13)20(17,18)16-8-7-11-3-1-2-4-12(11)10-16/h1-6H,7-8,10H2. The molecule has 1 aromatic heterocycles. The number of nitriles is 1. The van der Waals surface area contributed by atoms with Gasteiger partial charge in [0, 0.05) is 13.1 Å². The number of hydrogen-bond donors (Lipinski definition) is 0. The fourth-order valence-corrected chi connectivity index (χ4v) is 5.00. The molecule has 4 nitrogen and oxygen atoms in total. The molecule has 2 aromatic rings.